The van der Waals surface area contributed by atoms with Crippen molar-refractivity contribution >= 4 is 5.69 Å². The zero-order chi connectivity index (χ0) is 12.1. The maximum Gasteiger partial charge on any atom is 0.146 e. The molecule has 4 heteroatoms. The number of hydrogen-bond donors (Lipinski definition) is 1. The molecule has 0 radical (unpaired) electrons. The summed E-state index contributed by atoms with van der Waals surface area (Å²) in [5.74, 6) is -0.195. The summed E-state index contributed by atoms with van der Waals surface area (Å²) < 4.78 is 18.7. The minimum Gasteiger partial charge on any atom is -0.381 e. The van der Waals surface area contributed by atoms with Gasteiger partial charge in [-0.1, -0.05) is 12.1 Å². The molecule has 17 heavy (non-hydrogen) atoms. The summed E-state index contributed by atoms with van der Waals surface area (Å²) in [6.45, 7) is 3.31. The predicted octanol–water partition coefficient (Wildman–Crippen LogP) is 1.96. The lowest BCUT2D eigenvalue weighted by atomic mass is 10.2. The first kappa shape index (κ1) is 12.3. The Balaban J connectivity index is 1.74. The number of rotatable bonds is 5. The molecular weight excluding hydrogens is 219 g/mol. The van der Waals surface area contributed by atoms with Gasteiger partial charge in [-0.2, -0.15) is 0 Å². The molecule has 1 saturated heterocycles. The normalized spacial score (nSPS) is 19.8. The van der Waals surface area contributed by atoms with Crippen LogP contribution in [0.3, 0.4) is 0 Å². The van der Waals surface area contributed by atoms with E-state index < -0.39 is 0 Å². The fraction of sp³-hybridized carbons (Fsp3) is 0.538. The molecule has 1 aromatic rings. The lowest BCUT2D eigenvalue weighted by molar-refractivity contribution is 0.161. The SMILES string of the molecule is CN(CCNc1ccccc1F)C1CCOC1. The van der Waals surface area contributed by atoms with Gasteiger partial charge in [-0.3, -0.25) is 4.90 Å². The minimum atomic E-state index is -0.195. The third kappa shape index (κ3) is 3.41. The van der Waals surface area contributed by atoms with Gasteiger partial charge in [-0.15, -0.1) is 0 Å². The molecule has 94 valence electrons. The molecule has 1 aliphatic heterocycles. The summed E-state index contributed by atoms with van der Waals surface area (Å²) in [5.41, 5.74) is 0.573. The van der Waals surface area contributed by atoms with E-state index in [1.165, 1.54) is 6.07 Å². The highest BCUT2D eigenvalue weighted by Gasteiger charge is 2.19. The Hall–Kier alpha value is -1.13. The number of halogens is 1. The van der Waals surface area contributed by atoms with Crippen LogP contribution in [-0.2, 0) is 4.74 Å². The second-order valence-electron chi connectivity index (χ2n) is 4.40. The maximum atomic E-state index is 13.3. The standard InChI is InChI=1S/C13H19FN2O/c1-16(11-6-9-17-10-11)8-7-15-13-5-3-2-4-12(13)14/h2-5,11,15H,6-10H2,1H3. The zero-order valence-electron chi connectivity index (χ0n) is 10.2. The maximum absolute atomic E-state index is 13.3. The van der Waals surface area contributed by atoms with E-state index in [2.05, 4.69) is 17.3 Å². The fourth-order valence-corrected chi connectivity index (χ4v) is 2.02. The highest BCUT2D eigenvalue weighted by atomic mass is 19.1. The van der Waals surface area contributed by atoms with Gasteiger partial charge in [0.25, 0.3) is 0 Å². The number of anilines is 1. The average molecular weight is 238 g/mol. The van der Waals surface area contributed by atoms with Gasteiger partial charge in [0.2, 0.25) is 0 Å². The van der Waals surface area contributed by atoms with E-state index in [0.717, 1.165) is 32.7 Å². The number of hydrogen-bond acceptors (Lipinski definition) is 3. The van der Waals surface area contributed by atoms with Crippen LogP contribution in [-0.4, -0.2) is 44.3 Å². The van der Waals surface area contributed by atoms with Crippen LogP contribution in [0.15, 0.2) is 24.3 Å². The van der Waals surface area contributed by atoms with E-state index in [1.54, 1.807) is 12.1 Å². The first-order valence-electron chi connectivity index (χ1n) is 6.04. The van der Waals surface area contributed by atoms with Gasteiger partial charge in [-0.25, -0.2) is 4.39 Å². The Labute approximate surface area is 102 Å². The van der Waals surface area contributed by atoms with Crippen LogP contribution in [0.25, 0.3) is 0 Å². The van der Waals surface area contributed by atoms with Crippen molar-refractivity contribution in [1.29, 1.82) is 0 Å². The molecule has 1 heterocycles. The number of para-hydroxylation sites is 1. The molecule has 1 aliphatic rings. The van der Waals surface area contributed by atoms with E-state index in [1.807, 2.05) is 6.07 Å². The van der Waals surface area contributed by atoms with E-state index in [0.29, 0.717) is 11.7 Å². The lowest BCUT2D eigenvalue weighted by Crippen LogP contribution is -2.35. The number of likely N-dealkylation sites (N-methyl/N-ethyl adjacent to an activating group) is 1. The molecule has 0 aliphatic carbocycles. The van der Waals surface area contributed by atoms with Crippen molar-refractivity contribution in [2.24, 2.45) is 0 Å². The third-order valence-corrected chi connectivity index (χ3v) is 3.18. The molecule has 0 saturated carbocycles. The lowest BCUT2D eigenvalue weighted by Gasteiger charge is -2.23. The Bertz CT molecular complexity index is 353. The van der Waals surface area contributed by atoms with Crippen molar-refractivity contribution in [2.45, 2.75) is 12.5 Å². The Morgan fingerprint density at radius 3 is 3.00 bits per heavy atom. The van der Waals surface area contributed by atoms with Gasteiger partial charge in [0, 0.05) is 25.7 Å². The summed E-state index contributed by atoms with van der Waals surface area (Å²) in [4.78, 5) is 2.26. The van der Waals surface area contributed by atoms with Crippen LogP contribution in [0.5, 0.6) is 0 Å². The van der Waals surface area contributed by atoms with Crippen molar-refractivity contribution < 1.29 is 9.13 Å². The largest absolute Gasteiger partial charge is 0.381 e. The molecule has 1 atom stereocenters. The van der Waals surface area contributed by atoms with Crippen LogP contribution in [0, 0.1) is 5.82 Å². The van der Waals surface area contributed by atoms with Gasteiger partial charge in [0.05, 0.1) is 12.3 Å². The molecule has 2 rings (SSSR count). The van der Waals surface area contributed by atoms with Crippen molar-refractivity contribution in [3.05, 3.63) is 30.1 Å². The quantitative estimate of drug-likeness (QED) is 0.848. The molecule has 1 fully saturated rings. The molecule has 1 unspecified atom stereocenters. The Morgan fingerprint density at radius 2 is 2.29 bits per heavy atom. The van der Waals surface area contributed by atoms with E-state index >= 15 is 0 Å². The predicted molar refractivity (Wildman–Crippen MR) is 66.7 cm³/mol. The first-order chi connectivity index (χ1) is 8.27. The summed E-state index contributed by atoms with van der Waals surface area (Å²) >= 11 is 0. The van der Waals surface area contributed by atoms with Crippen LogP contribution < -0.4 is 5.32 Å². The van der Waals surface area contributed by atoms with Gasteiger partial charge >= 0.3 is 0 Å². The zero-order valence-corrected chi connectivity index (χ0v) is 10.2. The summed E-state index contributed by atoms with van der Waals surface area (Å²) in [5, 5.41) is 3.11. The van der Waals surface area contributed by atoms with Gasteiger partial charge < -0.3 is 10.1 Å². The Kier molecular flexibility index (Phi) is 4.34. The van der Waals surface area contributed by atoms with Crippen molar-refractivity contribution in [3.8, 4) is 0 Å². The highest BCUT2D eigenvalue weighted by Crippen LogP contribution is 2.13. The first-order valence-corrected chi connectivity index (χ1v) is 6.04. The fourth-order valence-electron chi connectivity index (χ4n) is 2.02. The van der Waals surface area contributed by atoms with Gasteiger partial charge in [-0.05, 0) is 25.6 Å². The molecule has 1 N–H and O–H groups in total. The second kappa shape index (κ2) is 5.98. The third-order valence-electron chi connectivity index (χ3n) is 3.18. The Morgan fingerprint density at radius 1 is 1.47 bits per heavy atom. The topological polar surface area (TPSA) is 24.5 Å². The van der Waals surface area contributed by atoms with Crippen LogP contribution in [0.1, 0.15) is 6.42 Å². The number of nitrogens with one attached hydrogen (secondary N) is 1. The van der Waals surface area contributed by atoms with Crippen molar-refractivity contribution in [2.75, 3.05) is 38.7 Å². The molecule has 0 amide bonds. The summed E-state index contributed by atoms with van der Waals surface area (Å²) in [7, 11) is 2.09. The number of nitrogens with zero attached hydrogens (tertiary/aromatic N) is 1. The molecular formula is C13H19FN2O. The van der Waals surface area contributed by atoms with Gasteiger partial charge in [0.1, 0.15) is 5.82 Å². The molecule has 3 nitrogen and oxygen atoms in total. The molecule has 1 aromatic carbocycles. The van der Waals surface area contributed by atoms with Crippen molar-refractivity contribution in [3.63, 3.8) is 0 Å². The van der Waals surface area contributed by atoms with Gasteiger partial charge in [0.15, 0.2) is 0 Å². The summed E-state index contributed by atoms with van der Waals surface area (Å²) in [6.07, 6.45) is 1.09. The minimum absolute atomic E-state index is 0.195. The van der Waals surface area contributed by atoms with Crippen LogP contribution in [0.4, 0.5) is 10.1 Å². The number of benzene rings is 1. The van der Waals surface area contributed by atoms with Crippen molar-refractivity contribution in [1.82, 2.24) is 4.90 Å². The molecule has 0 aromatic heterocycles. The summed E-state index contributed by atoms with van der Waals surface area (Å²) in [6, 6.07) is 7.27. The van der Waals surface area contributed by atoms with Crippen LogP contribution >= 0.6 is 0 Å². The van der Waals surface area contributed by atoms with Crippen LogP contribution in [0.2, 0.25) is 0 Å². The van der Waals surface area contributed by atoms with E-state index in [-0.39, 0.29) is 5.82 Å². The molecule has 0 spiro atoms. The second-order valence-corrected chi connectivity index (χ2v) is 4.40. The van der Waals surface area contributed by atoms with E-state index in [9.17, 15) is 4.39 Å². The smallest absolute Gasteiger partial charge is 0.146 e. The monoisotopic (exact) mass is 238 g/mol. The average Bonchev–Trinajstić information content (AvgIpc) is 2.85. The molecule has 0 bridgehead atoms. The number of ether oxygens (including phenoxy) is 1. The van der Waals surface area contributed by atoms with E-state index in [4.69, 9.17) is 4.74 Å². The highest BCUT2D eigenvalue weighted by molar-refractivity contribution is 5.44.